The maximum absolute atomic E-state index is 11.4. The SMILES string of the molecule is C\C=C(Cl)/C(=C(Cl)\C=N\O)c1noc(C2CC2)c1COC1CCC(O)(c2nc3ccc(C(=O)O)cc3s2)CC1. The maximum atomic E-state index is 11.4. The standard InChI is InChI=1S/C27H27Cl2N3O6S/c1-2-18(28)22(19(29)12-30-36)23-17(24(38-32-23)14-3-4-14)13-37-16-7-9-27(35,10-8-16)26-31-20-6-5-15(25(33)34)11-21(20)39-26/h2,5-6,11-12,14,16,35-36H,3-4,7-10,13H2,1H3,(H,33,34)/b18-2+,22-19-,30-12+. The molecule has 12 heteroatoms. The van der Waals surface area contributed by atoms with Gasteiger partial charge in [-0.05, 0) is 63.6 Å². The average Bonchev–Trinajstić information content (AvgIpc) is 3.54. The van der Waals surface area contributed by atoms with Crippen molar-refractivity contribution in [2.24, 2.45) is 5.16 Å². The minimum atomic E-state index is -1.10. The highest BCUT2D eigenvalue weighted by molar-refractivity contribution is 7.18. The summed E-state index contributed by atoms with van der Waals surface area (Å²) in [6.07, 6.45) is 6.80. The van der Waals surface area contributed by atoms with Crippen LogP contribution < -0.4 is 0 Å². The molecule has 3 aromatic rings. The van der Waals surface area contributed by atoms with E-state index in [1.165, 1.54) is 17.4 Å². The lowest BCUT2D eigenvalue weighted by molar-refractivity contribution is -0.0641. The zero-order valence-corrected chi connectivity index (χ0v) is 23.4. The van der Waals surface area contributed by atoms with Crippen LogP contribution in [0.25, 0.3) is 15.8 Å². The van der Waals surface area contributed by atoms with Crippen LogP contribution in [0.15, 0.2) is 44.0 Å². The van der Waals surface area contributed by atoms with Gasteiger partial charge in [0.25, 0.3) is 0 Å². The molecule has 3 N–H and O–H groups in total. The number of halogens is 2. The van der Waals surface area contributed by atoms with Gasteiger partial charge in [-0.1, -0.05) is 39.6 Å². The molecule has 0 radical (unpaired) electrons. The number of carbonyl (C=O) groups is 1. The van der Waals surface area contributed by atoms with Gasteiger partial charge in [-0.3, -0.25) is 0 Å². The molecule has 0 amide bonds. The summed E-state index contributed by atoms with van der Waals surface area (Å²) in [5.74, 6) is 0.0114. The fourth-order valence-electron chi connectivity index (χ4n) is 4.83. The molecule has 0 atom stereocenters. The lowest BCUT2D eigenvalue weighted by Crippen LogP contribution is -2.34. The van der Waals surface area contributed by atoms with E-state index in [9.17, 15) is 15.0 Å². The van der Waals surface area contributed by atoms with Gasteiger partial charge in [-0.15, -0.1) is 11.3 Å². The van der Waals surface area contributed by atoms with E-state index in [1.54, 1.807) is 25.1 Å². The number of hydrogen-bond donors (Lipinski definition) is 3. The van der Waals surface area contributed by atoms with Crippen LogP contribution in [0.1, 0.15) is 83.7 Å². The molecule has 2 aliphatic carbocycles. The van der Waals surface area contributed by atoms with Crippen molar-refractivity contribution >= 4 is 62.5 Å². The molecule has 2 saturated carbocycles. The highest BCUT2D eigenvalue weighted by Gasteiger charge is 2.39. The van der Waals surface area contributed by atoms with Crippen molar-refractivity contribution in [3.63, 3.8) is 0 Å². The Hall–Kier alpha value is -2.76. The molecule has 206 valence electrons. The number of hydrogen-bond acceptors (Lipinski definition) is 9. The van der Waals surface area contributed by atoms with Crippen molar-refractivity contribution < 1.29 is 29.5 Å². The first-order valence-electron chi connectivity index (χ1n) is 12.6. The van der Waals surface area contributed by atoms with E-state index in [2.05, 4.69) is 15.3 Å². The molecule has 0 bridgehead atoms. The van der Waals surface area contributed by atoms with Gasteiger partial charge in [0.15, 0.2) is 0 Å². The number of benzene rings is 1. The number of rotatable bonds is 9. The zero-order chi connectivity index (χ0) is 27.7. The summed E-state index contributed by atoms with van der Waals surface area (Å²) in [6, 6.07) is 4.78. The molecule has 5 rings (SSSR count). The molecule has 1 aromatic carbocycles. The third-order valence-corrected chi connectivity index (χ3v) is 9.07. The van der Waals surface area contributed by atoms with Crippen LogP contribution in [-0.4, -0.2) is 43.8 Å². The lowest BCUT2D eigenvalue weighted by Gasteiger charge is -2.34. The third kappa shape index (κ3) is 5.76. The number of allylic oxidation sites excluding steroid dienone is 4. The predicted molar refractivity (Wildman–Crippen MR) is 149 cm³/mol. The van der Waals surface area contributed by atoms with E-state index >= 15 is 0 Å². The summed E-state index contributed by atoms with van der Waals surface area (Å²) in [6.45, 7) is 1.99. The summed E-state index contributed by atoms with van der Waals surface area (Å²) < 4.78 is 12.8. The first-order valence-corrected chi connectivity index (χ1v) is 14.2. The van der Waals surface area contributed by atoms with Crippen LogP contribution in [0.2, 0.25) is 0 Å². The maximum Gasteiger partial charge on any atom is 0.335 e. The van der Waals surface area contributed by atoms with Gasteiger partial charge in [-0.25, -0.2) is 9.78 Å². The molecule has 0 saturated heterocycles. The van der Waals surface area contributed by atoms with E-state index in [0.717, 1.165) is 35.1 Å². The summed E-state index contributed by atoms with van der Waals surface area (Å²) in [5.41, 5.74) is 1.38. The number of aromatic carboxylic acids is 1. The van der Waals surface area contributed by atoms with Gasteiger partial charge in [0.05, 0.1) is 39.7 Å². The Morgan fingerprint density at radius 3 is 2.67 bits per heavy atom. The minimum Gasteiger partial charge on any atom is -0.478 e. The quantitative estimate of drug-likeness (QED) is 0.107. The molecule has 9 nitrogen and oxygen atoms in total. The Balaban J connectivity index is 1.31. The fraction of sp³-hybridized carbons (Fsp3) is 0.407. The average molecular weight is 593 g/mol. The molecule has 2 aliphatic rings. The first kappa shape index (κ1) is 27.8. The molecular weight excluding hydrogens is 565 g/mol. The smallest absolute Gasteiger partial charge is 0.335 e. The second-order valence-electron chi connectivity index (χ2n) is 9.80. The summed E-state index contributed by atoms with van der Waals surface area (Å²) in [4.78, 5) is 15.9. The number of nitrogens with zero attached hydrogens (tertiary/aromatic N) is 3. The van der Waals surface area contributed by atoms with Gasteiger partial charge in [-0.2, -0.15) is 0 Å². The van der Waals surface area contributed by atoms with Crippen LogP contribution in [0.5, 0.6) is 0 Å². The number of thiazole rings is 1. The minimum absolute atomic E-state index is 0.104. The van der Waals surface area contributed by atoms with E-state index < -0.39 is 11.6 Å². The highest BCUT2D eigenvalue weighted by atomic mass is 35.5. The van der Waals surface area contributed by atoms with E-state index in [-0.39, 0.29) is 29.2 Å². The van der Waals surface area contributed by atoms with Gasteiger partial charge in [0, 0.05) is 22.1 Å². The number of carboxylic acids is 1. The second kappa shape index (κ2) is 11.4. The summed E-state index contributed by atoms with van der Waals surface area (Å²) >= 11 is 14.2. The van der Waals surface area contributed by atoms with E-state index in [1.807, 2.05) is 0 Å². The molecular formula is C27H27Cl2N3O6S. The van der Waals surface area contributed by atoms with Crippen molar-refractivity contribution in [1.29, 1.82) is 0 Å². The molecule has 2 aromatic heterocycles. The Labute approximate surface area is 238 Å². The van der Waals surface area contributed by atoms with Gasteiger partial charge >= 0.3 is 5.97 Å². The van der Waals surface area contributed by atoms with Crippen molar-refractivity contribution in [3.8, 4) is 0 Å². The van der Waals surface area contributed by atoms with Gasteiger partial charge < -0.3 is 24.7 Å². The first-order chi connectivity index (χ1) is 18.7. The van der Waals surface area contributed by atoms with Crippen LogP contribution >= 0.6 is 34.5 Å². The van der Waals surface area contributed by atoms with Crippen LogP contribution in [0.3, 0.4) is 0 Å². The van der Waals surface area contributed by atoms with Gasteiger partial charge in [0.2, 0.25) is 0 Å². The monoisotopic (exact) mass is 591 g/mol. The van der Waals surface area contributed by atoms with Crippen molar-refractivity contribution in [3.05, 3.63) is 61.9 Å². The topological polar surface area (TPSA) is 138 Å². The highest BCUT2D eigenvalue weighted by Crippen LogP contribution is 2.46. The fourth-order valence-corrected chi connectivity index (χ4v) is 6.46. The van der Waals surface area contributed by atoms with Crippen LogP contribution in [0, 0.1) is 0 Å². The van der Waals surface area contributed by atoms with Crippen LogP contribution in [0.4, 0.5) is 0 Å². The lowest BCUT2D eigenvalue weighted by atomic mass is 9.83. The zero-order valence-electron chi connectivity index (χ0n) is 21.1. The summed E-state index contributed by atoms with van der Waals surface area (Å²) in [5, 5.41) is 38.0. The Bertz CT molecular complexity index is 1480. The third-order valence-electron chi connectivity index (χ3n) is 7.16. The number of carboxylic acid groups (broad SMARTS) is 1. The summed E-state index contributed by atoms with van der Waals surface area (Å²) in [7, 11) is 0. The molecule has 0 spiro atoms. The molecule has 39 heavy (non-hydrogen) atoms. The Morgan fingerprint density at radius 1 is 1.28 bits per heavy atom. The van der Waals surface area contributed by atoms with Crippen molar-refractivity contribution in [2.75, 3.05) is 0 Å². The van der Waals surface area contributed by atoms with Crippen molar-refractivity contribution in [2.45, 2.75) is 69.7 Å². The molecule has 2 heterocycles. The molecule has 2 fully saturated rings. The number of ether oxygens (including phenoxy) is 1. The number of fused-ring (bicyclic) bond motifs is 1. The Morgan fingerprint density at radius 2 is 2.03 bits per heavy atom. The van der Waals surface area contributed by atoms with Crippen LogP contribution in [-0.2, 0) is 16.9 Å². The van der Waals surface area contributed by atoms with E-state index in [4.69, 9.17) is 37.7 Å². The van der Waals surface area contributed by atoms with Crippen molar-refractivity contribution in [1.82, 2.24) is 10.1 Å². The predicted octanol–water partition coefficient (Wildman–Crippen LogP) is 6.76. The molecule has 0 aliphatic heterocycles. The normalized spacial score (nSPS) is 23.0. The number of aromatic nitrogens is 2. The van der Waals surface area contributed by atoms with Gasteiger partial charge in [0.1, 0.15) is 22.1 Å². The second-order valence-corrected chi connectivity index (χ2v) is 11.6. The number of oxime groups is 1. The number of aliphatic hydroxyl groups is 1. The largest absolute Gasteiger partial charge is 0.478 e. The van der Waals surface area contributed by atoms with E-state index in [0.29, 0.717) is 52.5 Å². The Kier molecular flexibility index (Phi) is 8.11. The molecule has 0 unspecified atom stereocenters.